The maximum Gasteiger partial charge on any atom is 0.174 e. The van der Waals surface area contributed by atoms with Crippen LogP contribution in [0.15, 0.2) is 85.2 Å². The minimum absolute atomic E-state index is 0.208. The van der Waals surface area contributed by atoms with Crippen molar-refractivity contribution >= 4 is 34.6 Å². The van der Waals surface area contributed by atoms with Crippen molar-refractivity contribution in [1.82, 2.24) is 14.9 Å². The number of phenolic OH excluding ortho intramolecular Hbond substituents is 1. The molecule has 0 saturated carbocycles. The molecule has 7 nitrogen and oxygen atoms in total. The molecule has 36 heavy (non-hydrogen) atoms. The summed E-state index contributed by atoms with van der Waals surface area (Å²) in [6, 6.07) is 22.2. The average molecular weight is 521 g/mol. The Bertz CT molecular complexity index is 1350. The second-order valence-corrected chi connectivity index (χ2v) is 9.07. The summed E-state index contributed by atoms with van der Waals surface area (Å²) in [5.74, 6) is 0.799. The molecule has 2 atom stereocenters. The van der Waals surface area contributed by atoms with E-state index in [1.807, 2.05) is 60.8 Å². The van der Waals surface area contributed by atoms with Gasteiger partial charge in [0.15, 0.2) is 5.11 Å². The molecule has 1 aliphatic heterocycles. The van der Waals surface area contributed by atoms with Crippen LogP contribution < -0.4 is 15.0 Å². The highest BCUT2D eigenvalue weighted by molar-refractivity contribution is 7.80. The molecule has 4 aromatic rings. The number of methoxy groups -OCH3 is 1. The second-order valence-electron chi connectivity index (χ2n) is 8.27. The van der Waals surface area contributed by atoms with Gasteiger partial charge in [-0.3, -0.25) is 4.98 Å². The Labute approximate surface area is 219 Å². The molecular formula is C27H25ClN4O3S. The summed E-state index contributed by atoms with van der Waals surface area (Å²) in [6.07, 6.45) is 3.78. The van der Waals surface area contributed by atoms with Crippen molar-refractivity contribution in [2.24, 2.45) is 0 Å². The average Bonchev–Trinajstić information content (AvgIpc) is 3.50. The van der Waals surface area contributed by atoms with E-state index < -0.39 is 0 Å². The fourth-order valence-corrected chi connectivity index (χ4v) is 4.98. The zero-order valence-corrected chi connectivity index (χ0v) is 21.1. The van der Waals surface area contributed by atoms with Crippen LogP contribution in [0, 0.1) is 0 Å². The number of aromatic hydroxyl groups is 1. The summed E-state index contributed by atoms with van der Waals surface area (Å²) in [6.45, 7) is 0.879. The van der Waals surface area contributed by atoms with Gasteiger partial charge in [0.25, 0.3) is 0 Å². The van der Waals surface area contributed by atoms with Gasteiger partial charge < -0.3 is 29.4 Å². The first-order valence-corrected chi connectivity index (χ1v) is 12.2. The molecule has 5 rings (SSSR count). The van der Waals surface area contributed by atoms with Crippen LogP contribution in [0.5, 0.6) is 11.5 Å². The van der Waals surface area contributed by atoms with E-state index in [9.17, 15) is 5.11 Å². The third-order valence-electron chi connectivity index (χ3n) is 6.05. The van der Waals surface area contributed by atoms with E-state index >= 15 is 0 Å². The first-order chi connectivity index (χ1) is 17.6. The number of pyridine rings is 1. The molecule has 1 saturated heterocycles. The van der Waals surface area contributed by atoms with Crippen molar-refractivity contribution in [3.05, 3.63) is 102 Å². The van der Waals surface area contributed by atoms with Crippen LogP contribution in [0.3, 0.4) is 0 Å². The number of nitrogens with zero attached hydrogens (tertiary/aromatic N) is 3. The van der Waals surface area contributed by atoms with Gasteiger partial charge in [-0.2, -0.15) is 0 Å². The van der Waals surface area contributed by atoms with E-state index in [2.05, 4.69) is 25.8 Å². The van der Waals surface area contributed by atoms with E-state index in [1.54, 1.807) is 25.4 Å². The van der Waals surface area contributed by atoms with Gasteiger partial charge in [0.05, 0.1) is 23.4 Å². The van der Waals surface area contributed by atoms with E-state index in [-0.39, 0.29) is 17.8 Å². The van der Waals surface area contributed by atoms with Gasteiger partial charge in [-0.25, -0.2) is 0 Å². The minimum Gasteiger partial charge on any atom is -0.508 e. The van der Waals surface area contributed by atoms with Crippen molar-refractivity contribution < 1.29 is 14.6 Å². The predicted octanol–water partition coefficient (Wildman–Crippen LogP) is 5.43. The van der Waals surface area contributed by atoms with Crippen molar-refractivity contribution in [3.63, 3.8) is 0 Å². The number of nitrogens with one attached hydrogen (secondary N) is 1. The van der Waals surface area contributed by atoms with Gasteiger partial charge in [-0.05, 0) is 78.9 Å². The quantitative estimate of drug-likeness (QED) is 0.237. The van der Waals surface area contributed by atoms with Crippen molar-refractivity contribution in [2.45, 2.75) is 12.1 Å². The van der Waals surface area contributed by atoms with Crippen LogP contribution in [0.25, 0.3) is 5.69 Å². The Morgan fingerprint density at radius 3 is 2.56 bits per heavy atom. The number of halogens is 1. The first kappa shape index (κ1) is 24.1. The summed E-state index contributed by atoms with van der Waals surface area (Å²) >= 11 is 12.4. The van der Waals surface area contributed by atoms with Crippen molar-refractivity contribution in [2.75, 3.05) is 25.2 Å². The fourth-order valence-electron chi connectivity index (χ4n) is 4.41. The number of benzene rings is 2. The SMILES string of the molecule is COCCOc1ccc(N2C(=S)N[C@H](c3ccccn3)[C@H]2c2cccn2-c2ccc(O)cc2)cc1Cl. The van der Waals surface area contributed by atoms with Crippen LogP contribution in [-0.2, 0) is 4.74 Å². The minimum atomic E-state index is -0.229. The molecule has 2 N–H and O–H groups in total. The largest absolute Gasteiger partial charge is 0.508 e. The highest BCUT2D eigenvalue weighted by Crippen LogP contribution is 2.43. The van der Waals surface area contributed by atoms with Crippen molar-refractivity contribution in [3.8, 4) is 17.2 Å². The zero-order valence-electron chi connectivity index (χ0n) is 19.5. The van der Waals surface area contributed by atoms with Crippen LogP contribution >= 0.6 is 23.8 Å². The number of hydrogen-bond acceptors (Lipinski definition) is 5. The number of hydrogen-bond donors (Lipinski definition) is 2. The summed E-state index contributed by atoms with van der Waals surface area (Å²) < 4.78 is 12.9. The highest BCUT2D eigenvalue weighted by Gasteiger charge is 2.42. The Hall–Kier alpha value is -3.59. The fraction of sp³-hybridized carbons (Fsp3) is 0.185. The highest BCUT2D eigenvalue weighted by atomic mass is 35.5. The Balaban J connectivity index is 1.58. The van der Waals surface area contributed by atoms with Crippen LogP contribution in [-0.4, -0.2) is 40.1 Å². The van der Waals surface area contributed by atoms with E-state index in [0.717, 1.165) is 22.8 Å². The van der Waals surface area contributed by atoms with E-state index in [1.165, 1.54) is 0 Å². The normalized spacial score (nSPS) is 17.3. The van der Waals surface area contributed by atoms with E-state index in [4.69, 9.17) is 33.3 Å². The summed E-state index contributed by atoms with van der Waals surface area (Å²) in [4.78, 5) is 6.68. The number of aromatic nitrogens is 2. The van der Waals surface area contributed by atoms with Crippen molar-refractivity contribution in [1.29, 1.82) is 0 Å². The number of phenols is 1. The number of anilines is 1. The summed E-state index contributed by atoms with van der Waals surface area (Å²) in [5, 5.41) is 14.3. The number of thiocarbonyl (C=S) groups is 1. The van der Waals surface area contributed by atoms with Gasteiger partial charge in [0, 0.05) is 36.6 Å². The third-order valence-corrected chi connectivity index (χ3v) is 6.66. The molecule has 3 heterocycles. The second kappa shape index (κ2) is 10.6. The Morgan fingerprint density at radius 2 is 1.83 bits per heavy atom. The van der Waals surface area contributed by atoms with E-state index in [0.29, 0.717) is 29.1 Å². The van der Waals surface area contributed by atoms with Gasteiger partial charge in [0.2, 0.25) is 0 Å². The van der Waals surface area contributed by atoms with Crippen LogP contribution in [0.4, 0.5) is 5.69 Å². The molecule has 0 amide bonds. The molecule has 184 valence electrons. The molecule has 2 aromatic heterocycles. The summed E-state index contributed by atoms with van der Waals surface area (Å²) in [7, 11) is 1.63. The molecule has 2 aromatic carbocycles. The molecule has 0 radical (unpaired) electrons. The zero-order chi connectivity index (χ0) is 25.1. The summed E-state index contributed by atoms with van der Waals surface area (Å²) in [5.41, 5.74) is 3.63. The smallest absolute Gasteiger partial charge is 0.174 e. The molecule has 0 aliphatic carbocycles. The van der Waals surface area contributed by atoms with Gasteiger partial charge >= 0.3 is 0 Å². The maximum atomic E-state index is 9.79. The molecule has 0 bridgehead atoms. The lowest BCUT2D eigenvalue weighted by Gasteiger charge is -2.29. The molecule has 9 heteroatoms. The molecular weight excluding hydrogens is 496 g/mol. The lowest BCUT2D eigenvalue weighted by Crippen LogP contribution is -2.30. The maximum absolute atomic E-state index is 9.79. The lowest BCUT2D eigenvalue weighted by atomic mass is 10.0. The predicted molar refractivity (Wildman–Crippen MR) is 144 cm³/mol. The molecule has 0 unspecified atom stereocenters. The van der Waals surface area contributed by atoms with Crippen LogP contribution in [0.2, 0.25) is 5.02 Å². The first-order valence-electron chi connectivity index (χ1n) is 11.5. The topological polar surface area (TPSA) is 71.8 Å². The van der Waals surface area contributed by atoms with Gasteiger partial charge in [-0.15, -0.1) is 0 Å². The standard InChI is InChI=1S/C27H25ClN4O3S/c1-34-15-16-35-24-12-9-19(17-21(24)28)32-26(25(30-27(32)36)22-5-2-3-13-29-22)23-6-4-14-31(23)18-7-10-20(33)11-8-18/h2-14,17,25-26,33H,15-16H2,1H3,(H,30,36)/t25-,26-/m1/s1. The Kier molecular flexibility index (Phi) is 7.09. The third kappa shape index (κ3) is 4.75. The van der Waals surface area contributed by atoms with Gasteiger partial charge in [-0.1, -0.05) is 17.7 Å². The number of ether oxygens (including phenoxy) is 2. The number of rotatable bonds is 8. The molecule has 1 aliphatic rings. The van der Waals surface area contributed by atoms with Crippen LogP contribution in [0.1, 0.15) is 23.5 Å². The Morgan fingerprint density at radius 1 is 1.03 bits per heavy atom. The van der Waals surface area contributed by atoms with Gasteiger partial charge in [0.1, 0.15) is 24.1 Å². The molecule has 1 fully saturated rings. The monoisotopic (exact) mass is 520 g/mol. The lowest BCUT2D eigenvalue weighted by molar-refractivity contribution is 0.146. The molecule has 0 spiro atoms.